The van der Waals surface area contributed by atoms with Crippen molar-refractivity contribution < 1.29 is 17.9 Å². The molecule has 2 aromatic rings. The van der Waals surface area contributed by atoms with Crippen molar-refractivity contribution in [1.29, 1.82) is 5.26 Å². The van der Waals surface area contributed by atoms with Crippen molar-refractivity contribution in [3.8, 4) is 11.9 Å². The molecule has 32 heavy (non-hydrogen) atoms. The largest absolute Gasteiger partial charge is 0.497 e. The number of carbonyl (C=O) groups excluding carboxylic acids is 1. The van der Waals surface area contributed by atoms with Gasteiger partial charge < -0.3 is 20.3 Å². The molecule has 0 spiro atoms. The quantitative estimate of drug-likeness (QED) is 0.428. The molecule has 0 bridgehead atoms. The van der Waals surface area contributed by atoms with Crippen molar-refractivity contribution in [2.24, 2.45) is 0 Å². The van der Waals surface area contributed by atoms with Crippen LogP contribution in [0.25, 0.3) is 0 Å². The number of likely N-dealkylation sites (tertiary alicyclic amines) is 1. The van der Waals surface area contributed by atoms with Crippen molar-refractivity contribution in [2.75, 3.05) is 25.5 Å². The summed E-state index contributed by atoms with van der Waals surface area (Å²) >= 11 is 6.54. The van der Waals surface area contributed by atoms with Crippen LogP contribution in [0.3, 0.4) is 0 Å². The number of urea groups is 1. The van der Waals surface area contributed by atoms with Gasteiger partial charge >= 0.3 is 6.03 Å². The van der Waals surface area contributed by atoms with Crippen molar-refractivity contribution in [1.82, 2.24) is 14.9 Å². The van der Waals surface area contributed by atoms with Gasteiger partial charge in [0.05, 0.1) is 18.0 Å². The molecule has 9 nitrogen and oxygen atoms in total. The number of nitrogens with zero attached hydrogens (tertiary/aromatic N) is 2. The van der Waals surface area contributed by atoms with E-state index in [9.17, 15) is 18.5 Å². The molecule has 0 aliphatic carbocycles. The number of ether oxygens (including phenoxy) is 1. The number of hydrogen-bond acceptors (Lipinski definition) is 6. The first-order valence-electron chi connectivity index (χ1n) is 9.54. The fraction of sp³-hybridized carbons (Fsp3) is 0.300. The summed E-state index contributed by atoms with van der Waals surface area (Å²) in [6.07, 6.45) is 2.44. The summed E-state index contributed by atoms with van der Waals surface area (Å²) in [5, 5.41) is 14.9. The molecule has 0 unspecified atom stereocenters. The van der Waals surface area contributed by atoms with Crippen LogP contribution in [0.1, 0.15) is 6.42 Å². The molecular weight excluding hydrogens is 566 g/mol. The van der Waals surface area contributed by atoms with Gasteiger partial charge in [-0.15, -0.1) is 0 Å². The van der Waals surface area contributed by atoms with Gasteiger partial charge in [0.1, 0.15) is 5.75 Å². The lowest BCUT2D eigenvalue weighted by atomic mass is 10.2. The number of amides is 2. The maximum absolute atomic E-state index is 12.8. The first-order chi connectivity index (χ1) is 15.2. The van der Waals surface area contributed by atoms with Gasteiger partial charge in [0.25, 0.3) is 0 Å². The standard InChI is InChI=1S/C20H21Br2N5O4S/c1-31-17-4-2-3-14(9-17)25-20(28)24-10-16-8-15(11-27(16)12-23)26-32(29,30)19-7-13(21)5-6-18(19)22/h2-7,9,15-16,26H,8,10-11H2,1H3,(H2,24,25,28)/t15-,16-/m1/s1. The Morgan fingerprint density at radius 3 is 2.78 bits per heavy atom. The van der Waals surface area contributed by atoms with Crippen LogP contribution < -0.4 is 20.1 Å². The number of carbonyl (C=O) groups is 1. The third-order valence-electron chi connectivity index (χ3n) is 4.87. The molecule has 2 amide bonds. The van der Waals surface area contributed by atoms with E-state index in [1.54, 1.807) is 36.4 Å². The predicted molar refractivity (Wildman–Crippen MR) is 127 cm³/mol. The molecule has 2 aromatic carbocycles. The minimum absolute atomic E-state index is 0.106. The maximum Gasteiger partial charge on any atom is 0.319 e. The highest BCUT2D eigenvalue weighted by Gasteiger charge is 2.35. The second-order valence-electron chi connectivity index (χ2n) is 7.10. The number of rotatable bonds is 7. The zero-order valence-electron chi connectivity index (χ0n) is 17.0. The van der Waals surface area contributed by atoms with Crippen molar-refractivity contribution in [3.05, 3.63) is 51.4 Å². The molecule has 1 heterocycles. The zero-order valence-corrected chi connectivity index (χ0v) is 21.0. The van der Waals surface area contributed by atoms with Gasteiger partial charge in [-0.3, -0.25) is 0 Å². The summed E-state index contributed by atoms with van der Waals surface area (Å²) < 4.78 is 34.5. The zero-order chi connectivity index (χ0) is 23.3. The molecule has 3 N–H and O–H groups in total. The summed E-state index contributed by atoms with van der Waals surface area (Å²) in [6, 6.07) is 10.6. The van der Waals surface area contributed by atoms with Crippen LogP contribution in [0.5, 0.6) is 5.75 Å². The van der Waals surface area contributed by atoms with E-state index < -0.39 is 22.1 Å². The van der Waals surface area contributed by atoms with Crippen LogP contribution in [-0.2, 0) is 10.0 Å². The normalized spacial score (nSPS) is 18.1. The Hall–Kier alpha value is -2.33. The highest BCUT2D eigenvalue weighted by Crippen LogP contribution is 2.27. The van der Waals surface area contributed by atoms with E-state index in [1.165, 1.54) is 18.1 Å². The third kappa shape index (κ3) is 6.13. The number of benzene rings is 2. The second-order valence-corrected chi connectivity index (χ2v) is 10.6. The van der Waals surface area contributed by atoms with Crippen molar-refractivity contribution >= 4 is 53.6 Å². The van der Waals surface area contributed by atoms with Crippen LogP contribution in [0.2, 0.25) is 0 Å². The van der Waals surface area contributed by atoms with Gasteiger partial charge in [0.15, 0.2) is 6.19 Å². The molecule has 170 valence electrons. The lowest BCUT2D eigenvalue weighted by Gasteiger charge is -2.18. The minimum Gasteiger partial charge on any atom is -0.497 e. The van der Waals surface area contributed by atoms with E-state index in [0.29, 0.717) is 26.8 Å². The first kappa shape index (κ1) is 24.3. The highest BCUT2D eigenvalue weighted by molar-refractivity contribution is 9.11. The van der Waals surface area contributed by atoms with Gasteiger partial charge in [0, 0.05) is 39.8 Å². The average Bonchev–Trinajstić information content (AvgIpc) is 3.15. The van der Waals surface area contributed by atoms with Crippen LogP contribution >= 0.6 is 31.9 Å². The van der Waals surface area contributed by atoms with E-state index in [-0.39, 0.29) is 24.0 Å². The Labute approximate surface area is 203 Å². The number of methoxy groups -OCH3 is 1. The molecule has 0 radical (unpaired) electrons. The van der Waals surface area contributed by atoms with Gasteiger partial charge in [-0.05, 0) is 52.7 Å². The van der Waals surface area contributed by atoms with E-state index >= 15 is 0 Å². The molecule has 3 rings (SSSR count). The molecule has 2 atom stereocenters. The Morgan fingerprint density at radius 2 is 2.06 bits per heavy atom. The van der Waals surface area contributed by atoms with Crippen LogP contribution in [0.15, 0.2) is 56.3 Å². The average molecular weight is 587 g/mol. The highest BCUT2D eigenvalue weighted by atomic mass is 79.9. The number of nitriles is 1. The molecule has 1 aliphatic heterocycles. The van der Waals surface area contributed by atoms with Gasteiger partial charge in [-0.2, -0.15) is 5.26 Å². The van der Waals surface area contributed by atoms with E-state index in [1.807, 2.05) is 0 Å². The number of nitrogens with one attached hydrogen (secondary N) is 3. The number of halogens is 2. The summed E-state index contributed by atoms with van der Waals surface area (Å²) in [4.78, 5) is 13.8. The Balaban J connectivity index is 1.59. The minimum atomic E-state index is -3.81. The second kappa shape index (κ2) is 10.5. The molecular formula is C20H21Br2N5O4S. The Morgan fingerprint density at radius 1 is 1.28 bits per heavy atom. The fourth-order valence-corrected chi connectivity index (χ4v) is 6.11. The molecule has 0 aromatic heterocycles. The third-order valence-corrected chi connectivity index (χ3v) is 7.88. The molecule has 1 saturated heterocycles. The summed E-state index contributed by atoms with van der Waals surface area (Å²) in [6.45, 7) is 0.396. The first-order valence-corrected chi connectivity index (χ1v) is 12.6. The number of hydrogen-bond donors (Lipinski definition) is 3. The van der Waals surface area contributed by atoms with E-state index in [0.717, 1.165) is 0 Å². The lowest BCUT2D eigenvalue weighted by molar-refractivity contribution is 0.248. The number of sulfonamides is 1. The molecule has 12 heteroatoms. The van der Waals surface area contributed by atoms with Gasteiger partial charge in [0.2, 0.25) is 10.0 Å². The monoisotopic (exact) mass is 585 g/mol. The Bertz CT molecular complexity index is 1140. The Kier molecular flexibility index (Phi) is 8.00. The lowest BCUT2D eigenvalue weighted by Crippen LogP contribution is -2.39. The van der Waals surface area contributed by atoms with Gasteiger partial charge in [-0.1, -0.05) is 22.0 Å². The topological polar surface area (TPSA) is 124 Å². The predicted octanol–water partition coefficient (Wildman–Crippen LogP) is 3.24. The maximum atomic E-state index is 12.8. The summed E-state index contributed by atoms with van der Waals surface area (Å²) in [5.74, 6) is 0.612. The van der Waals surface area contributed by atoms with Crippen LogP contribution in [-0.4, -0.2) is 51.6 Å². The molecule has 1 aliphatic rings. The van der Waals surface area contributed by atoms with E-state index in [2.05, 4.69) is 53.4 Å². The van der Waals surface area contributed by atoms with Crippen LogP contribution in [0.4, 0.5) is 10.5 Å². The van der Waals surface area contributed by atoms with Crippen molar-refractivity contribution in [2.45, 2.75) is 23.4 Å². The fourth-order valence-electron chi connectivity index (χ4n) is 3.37. The summed E-state index contributed by atoms with van der Waals surface area (Å²) in [5.41, 5.74) is 0.565. The smallest absolute Gasteiger partial charge is 0.319 e. The number of anilines is 1. The van der Waals surface area contributed by atoms with Crippen LogP contribution in [0, 0.1) is 11.5 Å². The van der Waals surface area contributed by atoms with E-state index in [4.69, 9.17) is 4.74 Å². The van der Waals surface area contributed by atoms with Gasteiger partial charge in [-0.25, -0.2) is 17.9 Å². The SMILES string of the molecule is COc1cccc(NC(=O)NC[C@H]2C[C@@H](NS(=O)(=O)c3cc(Br)ccc3Br)CN2C#N)c1. The van der Waals surface area contributed by atoms with Crippen molar-refractivity contribution in [3.63, 3.8) is 0 Å². The molecule has 0 saturated carbocycles. The molecule has 1 fully saturated rings. The summed E-state index contributed by atoms with van der Waals surface area (Å²) in [7, 11) is -2.27.